The highest BCUT2D eigenvalue weighted by atomic mass is 16.5. The molecule has 0 saturated carbocycles. The Hall–Kier alpha value is -1.22. The Bertz CT molecular complexity index is 366. The van der Waals surface area contributed by atoms with Crippen LogP contribution in [-0.4, -0.2) is 26.8 Å². The number of hydrogen-bond donors (Lipinski definition) is 1. The molecule has 3 nitrogen and oxygen atoms in total. The largest absolute Gasteiger partial charge is 0.493 e. The zero-order valence-electron chi connectivity index (χ0n) is 13.9. The molecule has 1 aromatic rings. The molecule has 0 aliphatic heterocycles. The van der Waals surface area contributed by atoms with Gasteiger partial charge in [-0.2, -0.15) is 0 Å². The minimum absolute atomic E-state index is 0.674. The molecule has 0 atom stereocenters. The lowest BCUT2D eigenvalue weighted by Crippen LogP contribution is -2.22. The molecule has 0 fully saturated rings. The second-order valence-corrected chi connectivity index (χ2v) is 5.85. The summed E-state index contributed by atoms with van der Waals surface area (Å²) in [6, 6.07) is 7.76. The van der Waals surface area contributed by atoms with Gasteiger partial charge in [0, 0.05) is 6.54 Å². The maximum absolute atomic E-state index is 5.71. The van der Waals surface area contributed by atoms with Gasteiger partial charge in [-0.1, -0.05) is 51.7 Å². The number of unbranched alkanes of at least 4 members (excludes halogenated alkanes) is 3. The highest BCUT2D eigenvalue weighted by Gasteiger charge is 2.01. The van der Waals surface area contributed by atoms with Crippen molar-refractivity contribution in [3.63, 3.8) is 0 Å². The first-order valence-corrected chi connectivity index (χ1v) is 8.20. The van der Waals surface area contributed by atoms with Gasteiger partial charge in [0.1, 0.15) is 6.61 Å². The third kappa shape index (κ3) is 8.61. The fourth-order valence-electron chi connectivity index (χ4n) is 2.25. The molecule has 0 amide bonds. The van der Waals surface area contributed by atoms with Crippen LogP contribution < -0.4 is 14.8 Å². The number of nitrogens with one attached hydrogen (secondary N) is 1. The van der Waals surface area contributed by atoms with Gasteiger partial charge in [-0.25, -0.2) is 0 Å². The van der Waals surface area contributed by atoms with E-state index in [1.54, 1.807) is 7.11 Å². The minimum atomic E-state index is 0.674. The van der Waals surface area contributed by atoms with Crippen molar-refractivity contribution in [1.82, 2.24) is 5.32 Å². The van der Waals surface area contributed by atoms with Gasteiger partial charge < -0.3 is 14.8 Å². The summed E-state index contributed by atoms with van der Waals surface area (Å²) in [4.78, 5) is 0. The van der Waals surface area contributed by atoms with Crippen LogP contribution in [0.2, 0.25) is 0 Å². The predicted octanol–water partition coefficient (Wildman–Crippen LogP) is 4.27. The Morgan fingerprint density at radius 2 is 1.67 bits per heavy atom. The zero-order chi connectivity index (χ0) is 15.3. The van der Waals surface area contributed by atoms with E-state index in [9.17, 15) is 0 Å². The van der Waals surface area contributed by atoms with Crippen LogP contribution >= 0.6 is 0 Å². The maximum atomic E-state index is 5.71. The summed E-state index contributed by atoms with van der Waals surface area (Å²) in [5.74, 6) is 2.45. The van der Waals surface area contributed by atoms with Gasteiger partial charge in [-0.05, 0) is 31.0 Å². The Balaban J connectivity index is 1.95. The molecule has 21 heavy (non-hydrogen) atoms. The van der Waals surface area contributed by atoms with Gasteiger partial charge >= 0.3 is 0 Å². The second kappa shape index (κ2) is 11.4. The van der Waals surface area contributed by atoms with E-state index < -0.39 is 0 Å². The van der Waals surface area contributed by atoms with Gasteiger partial charge in [0.05, 0.1) is 7.11 Å². The molecule has 0 spiro atoms. The van der Waals surface area contributed by atoms with Crippen LogP contribution in [0, 0.1) is 5.92 Å². The van der Waals surface area contributed by atoms with Crippen molar-refractivity contribution < 1.29 is 9.47 Å². The van der Waals surface area contributed by atoms with E-state index in [4.69, 9.17) is 9.47 Å². The third-order valence-corrected chi connectivity index (χ3v) is 3.49. The molecule has 0 radical (unpaired) electrons. The summed E-state index contributed by atoms with van der Waals surface area (Å²) in [7, 11) is 1.67. The van der Waals surface area contributed by atoms with Crippen molar-refractivity contribution in [2.45, 2.75) is 46.0 Å². The van der Waals surface area contributed by atoms with E-state index in [1.807, 2.05) is 24.3 Å². The molecule has 0 saturated heterocycles. The summed E-state index contributed by atoms with van der Waals surface area (Å²) >= 11 is 0. The van der Waals surface area contributed by atoms with Crippen molar-refractivity contribution in [2.75, 3.05) is 26.8 Å². The first kappa shape index (κ1) is 17.8. The summed E-state index contributed by atoms with van der Waals surface area (Å²) in [6.07, 6.45) is 6.67. The number of ether oxygens (including phenoxy) is 2. The molecule has 0 heterocycles. The lowest BCUT2D eigenvalue weighted by molar-refractivity contribution is 0.292. The van der Waals surface area contributed by atoms with Crippen LogP contribution in [0.5, 0.6) is 11.5 Å². The number of hydrogen-bond acceptors (Lipinski definition) is 3. The molecule has 0 aromatic heterocycles. The Labute approximate surface area is 130 Å². The highest BCUT2D eigenvalue weighted by molar-refractivity contribution is 5.39. The summed E-state index contributed by atoms with van der Waals surface area (Å²) in [5, 5.41) is 3.43. The Morgan fingerprint density at radius 3 is 2.38 bits per heavy atom. The molecule has 0 aliphatic rings. The van der Waals surface area contributed by atoms with E-state index in [0.717, 1.165) is 30.5 Å². The average molecular weight is 293 g/mol. The van der Waals surface area contributed by atoms with Gasteiger partial charge in [-0.15, -0.1) is 0 Å². The van der Waals surface area contributed by atoms with Crippen LogP contribution in [0.15, 0.2) is 24.3 Å². The van der Waals surface area contributed by atoms with Crippen molar-refractivity contribution >= 4 is 0 Å². The lowest BCUT2D eigenvalue weighted by atomic mass is 10.0. The fraction of sp³-hybridized carbons (Fsp3) is 0.667. The molecule has 0 unspecified atom stereocenters. The van der Waals surface area contributed by atoms with Crippen molar-refractivity contribution in [1.29, 1.82) is 0 Å². The molecule has 0 bridgehead atoms. The topological polar surface area (TPSA) is 30.5 Å². The first-order valence-electron chi connectivity index (χ1n) is 8.20. The quantitative estimate of drug-likeness (QED) is 0.584. The molecular weight excluding hydrogens is 262 g/mol. The van der Waals surface area contributed by atoms with Crippen LogP contribution in [-0.2, 0) is 0 Å². The van der Waals surface area contributed by atoms with Gasteiger partial charge in [-0.3, -0.25) is 0 Å². The van der Waals surface area contributed by atoms with Crippen molar-refractivity contribution in [2.24, 2.45) is 5.92 Å². The minimum Gasteiger partial charge on any atom is -0.493 e. The van der Waals surface area contributed by atoms with Crippen LogP contribution in [0.3, 0.4) is 0 Å². The summed E-state index contributed by atoms with van der Waals surface area (Å²) in [5.41, 5.74) is 0. The molecule has 1 N–H and O–H groups in total. The zero-order valence-corrected chi connectivity index (χ0v) is 13.9. The van der Waals surface area contributed by atoms with Crippen LogP contribution in [0.1, 0.15) is 46.0 Å². The SMILES string of the molecule is COc1ccccc1OCCNCCCCCCC(C)C. The van der Waals surface area contributed by atoms with E-state index in [0.29, 0.717) is 6.61 Å². The number of para-hydroxylation sites is 2. The first-order chi connectivity index (χ1) is 10.2. The lowest BCUT2D eigenvalue weighted by Gasteiger charge is -2.10. The van der Waals surface area contributed by atoms with Gasteiger partial charge in [0.25, 0.3) is 0 Å². The van der Waals surface area contributed by atoms with Crippen LogP contribution in [0.25, 0.3) is 0 Å². The van der Waals surface area contributed by atoms with Gasteiger partial charge in [0.2, 0.25) is 0 Å². The molecular formula is C18H31NO2. The third-order valence-electron chi connectivity index (χ3n) is 3.49. The molecule has 0 aliphatic carbocycles. The normalized spacial score (nSPS) is 10.9. The van der Waals surface area contributed by atoms with Crippen molar-refractivity contribution in [3.8, 4) is 11.5 Å². The number of rotatable bonds is 12. The predicted molar refractivity (Wildman–Crippen MR) is 89.3 cm³/mol. The second-order valence-electron chi connectivity index (χ2n) is 5.85. The number of methoxy groups -OCH3 is 1. The smallest absolute Gasteiger partial charge is 0.161 e. The van der Waals surface area contributed by atoms with Crippen molar-refractivity contribution in [3.05, 3.63) is 24.3 Å². The van der Waals surface area contributed by atoms with E-state index in [2.05, 4.69) is 19.2 Å². The molecule has 1 aromatic carbocycles. The van der Waals surface area contributed by atoms with E-state index >= 15 is 0 Å². The van der Waals surface area contributed by atoms with Crippen LogP contribution in [0.4, 0.5) is 0 Å². The molecule has 1 rings (SSSR count). The highest BCUT2D eigenvalue weighted by Crippen LogP contribution is 2.25. The number of benzene rings is 1. The average Bonchev–Trinajstić information content (AvgIpc) is 2.49. The van der Waals surface area contributed by atoms with E-state index in [-0.39, 0.29) is 0 Å². The summed E-state index contributed by atoms with van der Waals surface area (Å²) < 4.78 is 11.0. The molecule has 120 valence electrons. The maximum Gasteiger partial charge on any atom is 0.161 e. The Morgan fingerprint density at radius 1 is 0.952 bits per heavy atom. The fourth-order valence-corrected chi connectivity index (χ4v) is 2.25. The Kier molecular flexibility index (Phi) is 9.71. The summed E-state index contributed by atoms with van der Waals surface area (Å²) in [6.45, 7) is 7.22. The van der Waals surface area contributed by atoms with Gasteiger partial charge in [0.15, 0.2) is 11.5 Å². The standard InChI is InChI=1S/C18H31NO2/c1-16(2)10-6-4-5-9-13-19-14-15-21-18-12-8-7-11-17(18)20-3/h7-8,11-12,16,19H,4-6,9-10,13-15H2,1-3H3. The monoisotopic (exact) mass is 293 g/mol. The molecule has 3 heteroatoms. The van der Waals surface area contributed by atoms with E-state index in [1.165, 1.54) is 32.1 Å².